The summed E-state index contributed by atoms with van der Waals surface area (Å²) >= 11 is 0. The van der Waals surface area contributed by atoms with Gasteiger partial charge in [0.1, 0.15) is 17.5 Å². The fourth-order valence-corrected chi connectivity index (χ4v) is 3.02. The molecule has 142 valence electrons. The van der Waals surface area contributed by atoms with Crippen molar-refractivity contribution in [2.45, 2.75) is 18.9 Å². The zero-order valence-electron chi connectivity index (χ0n) is 14.6. The van der Waals surface area contributed by atoms with E-state index in [0.29, 0.717) is 6.07 Å². The number of piperidine rings is 1. The first kappa shape index (κ1) is 18.8. The van der Waals surface area contributed by atoms with Gasteiger partial charge < -0.3 is 15.5 Å². The van der Waals surface area contributed by atoms with E-state index in [1.165, 1.54) is 0 Å². The van der Waals surface area contributed by atoms with Crippen LogP contribution in [0.3, 0.4) is 0 Å². The Hall–Kier alpha value is -3.03. The monoisotopic (exact) mass is 374 g/mol. The Morgan fingerprint density at radius 3 is 2.44 bits per heavy atom. The maximum atomic E-state index is 13.1. The summed E-state index contributed by atoms with van der Waals surface area (Å²) < 4.78 is 26.3. The highest BCUT2D eigenvalue weighted by Gasteiger charge is 2.21. The molecular formula is C19H20F2N4O2. The van der Waals surface area contributed by atoms with Gasteiger partial charge in [-0.1, -0.05) is 6.07 Å². The molecule has 6 nitrogen and oxygen atoms in total. The van der Waals surface area contributed by atoms with Crippen molar-refractivity contribution in [1.29, 1.82) is 0 Å². The van der Waals surface area contributed by atoms with Crippen molar-refractivity contribution < 1.29 is 18.4 Å². The number of nitrogens with one attached hydrogen (secondary N) is 2. The SMILES string of the molecule is O=C(CNC(=O)c1cc(F)cc(F)c1)NC1CCN(c2ccccn2)CC1. The second kappa shape index (κ2) is 8.57. The molecule has 0 atom stereocenters. The van der Waals surface area contributed by atoms with Crippen molar-refractivity contribution in [3.63, 3.8) is 0 Å². The standard InChI is InChI=1S/C19H20F2N4O2/c20-14-9-13(10-15(21)11-14)19(27)23-12-18(26)24-16-4-7-25(8-5-16)17-3-1-2-6-22-17/h1-3,6,9-11,16H,4-5,7-8,12H2,(H,23,27)(H,24,26). The van der Waals surface area contributed by atoms with Crippen LogP contribution >= 0.6 is 0 Å². The second-order valence-electron chi connectivity index (χ2n) is 6.36. The average molecular weight is 374 g/mol. The van der Waals surface area contributed by atoms with Gasteiger partial charge in [-0.15, -0.1) is 0 Å². The number of pyridine rings is 1. The van der Waals surface area contributed by atoms with Crippen molar-refractivity contribution in [3.8, 4) is 0 Å². The molecule has 2 amide bonds. The van der Waals surface area contributed by atoms with Crippen LogP contribution in [-0.4, -0.2) is 42.5 Å². The average Bonchev–Trinajstić information content (AvgIpc) is 2.66. The van der Waals surface area contributed by atoms with Crippen molar-refractivity contribution in [1.82, 2.24) is 15.6 Å². The molecule has 8 heteroatoms. The van der Waals surface area contributed by atoms with Gasteiger partial charge in [0, 0.05) is 37.0 Å². The first-order chi connectivity index (χ1) is 13.0. The highest BCUT2D eigenvalue weighted by molar-refractivity contribution is 5.96. The topological polar surface area (TPSA) is 74.3 Å². The minimum absolute atomic E-state index is 0.0148. The van der Waals surface area contributed by atoms with Crippen LogP contribution in [0.1, 0.15) is 23.2 Å². The number of carbonyl (C=O) groups excluding carboxylic acids is 2. The van der Waals surface area contributed by atoms with E-state index in [1.807, 2.05) is 18.2 Å². The van der Waals surface area contributed by atoms with Gasteiger partial charge >= 0.3 is 0 Å². The third-order valence-corrected chi connectivity index (χ3v) is 4.37. The largest absolute Gasteiger partial charge is 0.356 e. The number of amides is 2. The molecule has 0 spiro atoms. The van der Waals surface area contributed by atoms with Crippen LogP contribution in [0.5, 0.6) is 0 Å². The molecule has 1 aliphatic rings. The molecular weight excluding hydrogens is 354 g/mol. The molecule has 1 saturated heterocycles. The molecule has 0 saturated carbocycles. The minimum atomic E-state index is -0.843. The molecule has 0 unspecified atom stereocenters. The Kier molecular flexibility index (Phi) is 5.95. The fraction of sp³-hybridized carbons (Fsp3) is 0.316. The molecule has 2 aromatic rings. The Morgan fingerprint density at radius 2 is 1.81 bits per heavy atom. The van der Waals surface area contributed by atoms with Gasteiger partial charge in [-0.05, 0) is 37.1 Å². The van der Waals surface area contributed by atoms with E-state index >= 15 is 0 Å². The normalized spacial score (nSPS) is 14.7. The Bertz CT molecular complexity index is 788. The van der Waals surface area contributed by atoms with Crippen LogP contribution in [0.2, 0.25) is 0 Å². The number of benzene rings is 1. The van der Waals surface area contributed by atoms with E-state index < -0.39 is 17.5 Å². The summed E-state index contributed by atoms with van der Waals surface area (Å²) in [6.07, 6.45) is 3.28. The summed E-state index contributed by atoms with van der Waals surface area (Å²) in [6.45, 7) is 1.30. The van der Waals surface area contributed by atoms with Crippen LogP contribution in [0.4, 0.5) is 14.6 Å². The van der Waals surface area contributed by atoms with Gasteiger partial charge in [-0.3, -0.25) is 9.59 Å². The van der Waals surface area contributed by atoms with Crippen molar-refractivity contribution in [2.75, 3.05) is 24.5 Å². The lowest BCUT2D eigenvalue weighted by molar-refractivity contribution is -0.120. The molecule has 0 bridgehead atoms. The fourth-order valence-electron chi connectivity index (χ4n) is 3.02. The Balaban J connectivity index is 1.43. The van der Waals surface area contributed by atoms with Crippen LogP contribution in [0.15, 0.2) is 42.6 Å². The third-order valence-electron chi connectivity index (χ3n) is 4.37. The van der Waals surface area contributed by atoms with Gasteiger partial charge in [0.05, 0.1) is 6.54 Å². The maximum absolute atomic E-state index is 13.1. The lowest BCUT2D eigenvalue weighted by Gasteiger charge is -2.33. The van der Waals surface area contributed by atoms with Crippen molar-refractivity contribution in [3.05, 3.63) is 59.8 Å². The molecule has 1 aliphatic heterocycles. The first-order valence-corrected chi connectivity index (χ1v) is 8.71. The number of aromatic nitrogens is 1. The summed E-state index contributed by atoms with van der Waals surface area (Å²) in [5, 5.41) is 5.24. The highest BCUT2D eigenvalue weighted by Crippen LogP contribution is 2.17. The molecule has 2 N–H and O–H groups in total. The number of halogens is 2. The molecule has 27 heavy (non-hydrogen) atoms. The molecule has 2 heterocycles. The van der Waals surface area contributed by atoms with E-state index in [0.717, 1.165) is 43.9 Å². The van der Waals surface area contributed by atoms with Crippen LogP contribution in [-0.2, 0) is 4.79 Å². The summed E-state index contributed by atoms with van der Waals surface area (Å²) in [5.74, 6) is -1.81. The van der Waals surface area contributed by atoms with E-state index in [4.69, 9.17) is 0 Å². The first-order valence-electron chi connectivity index (χ1n) is 8.71. The molecule has 1 aromatic heterocycles. The molecule has 0 aliphatic carbocycles. The van der Waals surface area contributed by atoms with Crippen LogP contribution in [0, 0.1) is 11.6 Å². The summed E-state index contributed by atoms with van der Waals surface area (Å²) in [6, 6.07) is 8.28. The number of anilines is 1. The Morgan fingerprint density at radius 1 is 1.11 bits per heavy atom. The predicted octanol–water partition coefficient (Wildman–Crippen LogP) is 1.87. The highest BCUT2D eigenvalue weighted by atomic mass is 19.1. The Labute approximate surface area is 155 Å². The second-order valence-corrected chi connectivity index (χ2v) is 6.36. The number of hydrogen-bond acceptors (Lipinski definition) is 4. The smallest absolute Gasteiger partial charge is 0.251 e. The quantitative estimate of drug-likeness (QED) is 0.838. The van der Waals surface area contributed by atoms with Crippen LogP contribution < -0.4 is 15.5 Å². The molecule has 0 radical (unpaired) electrons. The van der Waals surface area contributed by atoms with E-state index in [9.17, 15) is 18.4 Å². The van der Waals surface area contributed by atoms with Gasteiger partial charge in [0.25, 0.3) is 5.91 Å². The summed E-state index contributed by atoms with van der Waals surface area (Å²) in [5.41, 5.74) is -0.163. The molecule has 1 aromatic carbocycles. The lowest BCUT2D eigenvalue weighted by Crippen LogP contribution is -2.47. The van der Waals surface area contributed by atoms with Crippen molar-refractivity contribution >= 4 is 17.6 Å². The number of hydrogen-bond donors (Lipinski definition) is 2. The van der Waals surface area contributed by atoms with E-state index in [-0.39, 0.29) is 24.1 Å². The zero-order valence-corrected chi connectivity index (χ0v) is 14.6. The number of nitrogens with zero attached hydrogens (tertiary/aromatic N) is 2. The third kappa shape index (κ3) is 5.22. The minimum Gasteiger partial charge on any atom is -0.356 e. The van der Waals surface area contributed by atoms with E-state index in [1.54, 1.807) is 6.20 Å². The number of carbonyl (C=O) groups is 2. The maximum Gasteiger partial charge on any atom is 0.251 e. The van der Waals surface area contributed by atoms with Gasteiger partial charge in [-0.25, -0.2) is 13.8 Å². The van der Waals surface area contributed by atoms with E-state index in [2.05, 4.69) is 20.5 Å². The van der Waals surface area contributed by atoms with Crippen molar-refractivity contribution in [2.24, 2.45) is 0 Å². The summed E-state index contributed by atoms with van der Waals surface area (Å²) in [7, 11) is 0. The zero-order chi connectivity index (χ0) is 19.2. The van der Waals surface area contributed by atoms with Gasteiger partial charge in [-0.2, -0.15) is 0 Å². The molecule has 3 rings (SSSR count). The van der Waals surface area contributed by atoms with Gasteiger partial charge in [0.15, 0.2) is 0 Å². The predicted molar refractivity (Wildman–Crippen MR) is 96.3 cm³/mol. The lowest BCUT2D eigenvalue weighted by atomic mass is 10.0. The van der Waals surface area contributed by atoms with Crippen LogP contribution in [0.25, 0.3) is 0 Å². The number of rotatable bonds is 5. The summed E-state index contributed by atoms with van der Waals surface area (Å²) in [4.78, 5) is 30.4. The molecule has 1 fully saturated rings. The van der Waals surface area contributed by atoms with Gasteiger partial charge in [0.2, 0.25) is 5.91 Å².